The number of sulfonamides is 1. The molecule has 0 bridgehead atoms. The zero-order chi connectivity index (χ0) is 16.3. The number of halogens is 1. The zero-order valence-corrected chi connectivity index (χ0v) is 13.8. The summed E-state index contributed by atoms with van der Waals surface area (Å²) >= 11 is 3.13. The standard InChI is InChI=1S/C13H11BrN4O3S/c1-18-11(2-3-16-18)7-13(19)17-22(20,21)12-5-9(8-15)4-10(14)6-12/h2-6H,7H2,1H3,(H,17,19). The van der Waals surface area contributed by atoms with Crippen LogP contribution >= 0.6 is 15.9 Å². The van der Waals surface area contributed by atoms with Crippen molar-refractivity contribution in [1.29, 1.82) is 5.26 Å². The van der Waals surface area contributed by atoms with Gasteiger partial charge in [-0.3, -0.25) is 9.48 Å². The van der Waals surface area contributed by atoms with E-state index in [2.05, 4.69) is 21.0 Å². The molecule has 0 aliphatic carbocycles. The molecule has 1 amide bonds. The van der Waals surface area contributed by atoms with Gasteiger partial charge in [-0.2, -0.15) is 10.4 Å². The van der Waals surface area contributed by atoms with Gasteiger partial charge >= 0.3 is 0 Å². The number of benzene rings is 1. The second kappa shape index (κ2) is 6.29. The highest BCUT2D eigenvalue weighted by molar-refractivity contribution is 9.10. The Kier molecular flexibility index (Phi) is 4.63. The van der Waals surface area contributed by atoms with E-state index in [0.717, 1.165) is 0 Å². The number of amides is 1. The molecule has 1 heterocycles. The van der Waals surface area contributed by atoms with E-state index >= 15 is 0 Å². The fourth-order valence-electron chi connectivity index (χ4n) is 1.77. The summed E-state index contributed by atoms with van der Waals surface area (Å²) in [5.74, 6) is -0.679. The molecule has 2 rings (SSSR count). The van der Waals surface area contributed by atoms with Gasteiger partial charge in [0.25, 0.3) is 10.0 Å². The molecular weight excluding hydrogens is 372 g/mol. The lowest BCUT2D eigenvalue weighted by Crippen LogP contribution is -2.32. The van der Waals surface area contributed by atoms with Crippen molar-refractivity contribution < 1.29 is 13.2 Å². The largest absolute Gasteiger partial charge is 0.274 e. The number of hydrogen-bond acceptors (Lipinski definition) is 5. The number of nitrogens with zero attached hydrogens (tertiary/aromatic N) is 3. The van der Waals surface area contributed by atoms with Crippen LogP contribution < -0.4 is 4.72 Å². The highest BCUT2D eigenvalue weighted by atomic mass is 79.9. The Bertz CT molecular complexity index is 868. The Morgan fingerprint density at radius 3 is 2.77 bits per heavy atom. The van der Waals surface area contributed by atoms with Crippen LogP contribution in [0.3, 0.4) is 0 Å². The fourth-order valence-corrected chi connectivity index (χ4v) is 3.47. The SMILES string of the molecule is Cn1nccc1CC(=O)NS(=O)(=O)c1cc(Br)cc(C#N)c1. The Morgan fingerprint density at radius 2 is 2.18 bits per heavy atom. The number of aryl methyl sites for hydroxylation is 1. The van der Waals surface area contributed by atoms with E-state index in [4.69, 9.17) is 5.26 Å². The van der Waals surface area contributed by atoms with Gasteiger partial charge in [0.05, 0.1) is 22.9 Å². The first-order valence-corrected chi connectivity index (χ1v) is 8.32. The van der Waals surface area contributed by atoms with Gasteiger partial charge in [0.15, 0.2) is 0 Å². The third kappa shape index (κ3) is 3.72. The molecule has 0 radical (unpaired) electrons. The minimum Gasteiger partial charge on any atom is -0.274 e. The lowest BCUT2D eigenvalue weighted by atomic mass is 10.2. The van der Waals surface area contributed by atoms with Crippen molar-refractivity contribution in [1.82, 2.24) is 14.5 Å². The maximum Gasteiger partial charge on any atom is 0.264 e. The Labute approximate surface area is 135 Å². The van der Waals surface area contributed by atoms with Crippen LogP contribution in [-0.2, 0) is 28.3 Å². The summed E-state index contributed by atoms with van der Waals surface area (Å²) in [6.45, 7) is 0. The van der Waals surface area contributed by atoms with E-state index in [1.54, 1.807) is 13.1 Å². The monoisotopic (exact) mass is 382 g/mol. The summed E-state index contributed by atoms with van der Waals surface area (Å²) in [6, 6.07) is 7.48. The minimum absolute atomic E-state index is 0.116. The summed E-state index contributed by atoms with van der Waals surface area (Å²) in [6.07, 6.45) is 1.40. The van der Waals surface area contributed by atoms with Gasteiger partial charge in [0.1, 0.15) is 0 Å². The van der Waals surface area contributed by atoms with Gasteiger partial charge in [-0.15, -0.1) is 0 Å². The molecular formula is C13H11BrN4O3S. The molecule has 1 aromatic heterocycles. The molecule has 0 aliphatic heterocycles. The van der Waals surface area contributed by atoms with E-state index in [1.165, 1.54) is 29.1 Å². The summed E-state index contributed by atoms with van der Waals surface area (Å²) in [4.78, 5) is 11.7. The van der Waals surface area contributed by atoms with Crippen molar-refractivity contribution in [3.05, 3.63) is 46.2 Å². The highest BCUT2D eigenvalue weighted by Crippen LogP contribution is 2.19. The molecule has 1 N–H and O–H groups in total. The number of carbonyl (C=O) groups is 1. The first kappa shape index (κ1) is 16.2. The second-order valence-electron chi connectivity index (χ2n) is 4.44. The van der Waals surface area contributed by atoms with E-state index in [1.807, 2.05) is 10.8 Å². The Balaban J connectivity index is 2.21. The first-order chi connectivity index (χ1) is 10.3. The molecule has 114 valence electrons. The molecule has 0 saturated carbocycles. The maximum atomic E-state index is 12.2. The molecule has 2 aromatic rings. The van der Waals surface area contributed by atoms with Crippen molar-refractivity contribution in [3.63, 3.8) is 0 Å². The molecule has 0 unspecified atom stereocenters. The van der Waals surface area contributed by atoms with Crippen LogP contribution in [0.1, 0.15) is 11.3 Å². The second-order valence-corrected chi connectivity index (χ2v) is 7.04. The molecule has 22 heavy (non-hydrogen) atoms. The maximum absolute atomic E-state index is 12.2. The highest BCUT2D eigenvalue weighted by Gasteiger charge is 2.19. The molecule has 0 aliphatic rings. The van der Waals surface area contributed by atoms with Crippen LogP contribution in [-0.4, -0.2) is 24.1 Å². The Morgan fingerprint density at radius 1 is 1.45 bits per heavy atom. The lowest BCUT2D eigenvalue weighted by Gasteiger charge is -2.08. The number of nitrogens with one attached hydrogen (secondary N) is 1. The molecule has 9 heteroatoms. The van der Waals surface area contributed by atoms with E-state index < -0.39 is 15.9 Å². The number of rotatable bonds is 4. The lowest BCUT2D eigenvalue weighted by molar-refractivity contribution is -0.118. The van der Waals surface area contributed by atoms with Crippen molar-refractivity contribution >= 4 is 31.9 Å². The summed E-state index contributed by atoms with van der Waals surface area (Å²) < 4.78 is 28.3. The third-order valence-corrected chi connectivity index (χ3v) is 4.63. The molecule has 0 spiro atoms. The summed E-state index contributed by atoms with van der Waals surface area (Å²) in [5.41, 5.74) is 0.758. The fraction of sp³-hybridized carbons (Fsp3) is 0.154. The van der Waals surface area contributed by atoms with Crippen LogP contribution in [0.25, 0.3) is 0 Å². The predicted octanol–water partition coefficient (Wildman–Crippen LogP) is 1.10. The van der Waals surface area contributed by atoms with Crippen molar-refractivity contribution in [3.8, 4) is 6.07 Å². The van der Waals surface area contributed by atoms with E-state index in [0.29, 0.717) is 10.2 Å². The summed E-state index contributed by atoms with van der Waals surface area (Å²) in [5, 5.41) is 12.8. The van der Waals surface area contributed by atoms with Crippen LogP contribution in [0.4, 0.5) is 0 Å². The van der Waals surface area contributed by atoms with Crippen LogP contribution in [0.15, 0.2) is 39.8 Å². The van der Waals surface area contributed by atoms with Gasteiger partial charge < -0.3 is 0 Å². The molecule has 1 aromatic carbocycles. The van der Waals surface area contributed by atoms with Crippen LogP contribution in [0, 0.1) is 11.3 Å². The van der Waals surface area contributed by atoms with Gasteiger partial charge in [-0.25, -0.2) is 13.1 Å². The third-order valence-electron chi connectivity index (χ3n) is 2.82. The van der Waals surface area contributed by atoms with E-state index in [-0.39, 0.29) is 16.9 Å². The van der Waals surface area contributed by atoms with Crippen LogP contribution in [0.5, 0.6) is 0 Å². The molecule has 7 nitrogen and oxygen atoms in total. The molecule has 0 saturated heterocycles. The summed E-state index contributed by atoms with van der Waals surface area (Å²) in [7, 11) is -2.38. The smallest absolute Gasteiger partial charge is 0.264 e. The van der Waals surface area contributed by atoms with E-state index in [9.17, 15) is 13.2 Å². The van der Waals surface area contributed by atoms with Gasteiger partial charge in [0.2, 0.25) is 5.91 Å². The Hall–Kier alpha value is -2.18. The number of nitriles is 1. The average molecular weight is 383 g/mol. The van der Waals surface area contributed by atoms with Gasteiger partial charge in [-0.05, 0) is 24.3 Å². The van der Waals surface area contributed by atoms with Crippen molar-refractivity contribution in [2.75, 3.05) is 0 Å². The average Bonchev–Trinajstić information content (AvgIpc) is 2.82. The zero-order valence-electron chi connectivity index (χ0n) is 11.4. The number of hydrogen-bond donors (Lipinski definition) is 1. The van der Waals surface area contributed by atoms with Crippen molar-refractivity contribution in [2.24, 2.45) is 7.05 Å². The number of aromatic nitrogens is 2. The van der Waals surface area contributed by atoms with Gasteiger partial charge in [0, 0.05) is 23.4 Å². The van der Waals surface area contributed by atoms with Crippen molar-refractivity contribution in [2.45, 2.75) is 11.3 Å². The molecule has 0 fully saturated rings. The number of carbonyl (C=O) groups excluding carboxylic acids is 1. The van der Waals surface area contributed by atoms with Gasteiger partial charge in [-0.1, -0.05) is 15.9 Å². The quantitative estimate of drug-likeness (QED) is 0.852. The predicted molar refractivity (Wildman–Crippen MR) is 81.1 cm³/mol. The normalized spacial score (nSPS) is 11.0. The molecule has 0 atom stereocenters. The first-order valence-electron chi connectivity index (χ1n) is 6.05. The minimum atomic E-state index is -4.04. The van der Waals surface area contributed by atoms with Crippen LogP contribution in [0.2, 0.25) is 0 Å². The topological polar surface area (TPSA) is 105 Å².